The van der Waals surface area contributed by atoms with Crippen molar-refractivity contribution in [3.8, 4) is 5.75 Å². The molecule has 2 atom stereocenters. The van der Waals surface area contributed by atoms with E-state index in [0.717, 1.165) is 38.2 Å². The number of ether oxygens (including phenoxy) is 1. The Morgan fingerprint density at radius 2 is 2.00 bits per heavy atom. The number of amides is 1. The molecule has 3 aliphatic rings. The summed E-state index contributed by atoms with van der Waals surface area (Å²) in [6.45, 7) is 3.32. The van der Waals surface area contributed by atoms with Crippen molar-refractivity contribution in [3.05, 3.63) is 29.3 Å². The Labute approximate surface area is 130 Å². The Bertz CT molecular complexity index is 506. The van der Waals surface area contributed by atoms with Crippen molar-refractivity contribution in [3.63, 3.8) is 0 Å². The Balaban J connectivity index is 1.52. The fourth-order valence-electron chi connectivity index (χ4n) is 3.25. The van der Waals surface area contributed by atoms with Crippen LogP contribution in [0.4, 0.5) is 0 Å². The van der Waals surface area contributed by atoms with Crippen LogP contribution < -0.4 is 4.74 Å². The van der Waals surface area contributed by atoms with Crippen molar-refractivity contribution in [2.24, 2.45) is 5.92 Å². The third-order valence-corrected chi connectivity index (χ3v) is 4.78. The van der Waals surface area contributed by atoms with Gasteiger partial charge in [0.25, 0.3) is 0 Å². The third kappa shape index (κ3) is 3.33. The molecule has 0 N–H and O–H groups in total. The van der Waals surface area contributed by atoms with Gasteiger partial charge in [-0.25, -0.2) is 0 Å². The summed E-state index contributed by atoms with van der Waals surface area (Å²) in [5, 5.41) is 0.716. The molecule has 0 aromatic heterocycles. The first-order valence-electron chi connectivity index (χ1n) is 7.51. The minimum absolute atomic E-state index is 0.171. The quantitative estimate of drug-likeness (QED) is 0.855. The number of piperidine rings is 1. The van der Waals surface area contributed by atoms with Crippen LogP contribution >= 0.6 is 11.6 Å². The number of hydrogen-bond acceptors (Lipinski definition) is 3. The van der Waals surface area contributed by atoms with Gasteiger partial charge in [0.2, 0.25) is 5.91 Å². The van der Waals surface area contributed by atoms with Gasteiger partial charge in [0.05, 0.1) is 5.92 Å². The normalized spacial score (nSPS) is 26.0. The summed E-state index contributed by atoms with van der Waals surface area (Å²) in [6, 6.07) is 7.79. The van der Waals surface area contributed by atoms with Crippen LogP contribution in [-0.2, 0) is 4.79 Å². The fraction of sp³-hybridized carbons (Fsp3) is 0.562. The highest BCUT2D eigenvalue weighted by Gasteiger charge is 2.38. The highest BCUT2D eigenvalue weighted by molar-refractivity contribution is 6.30. The van der Waals surface area contributed by atoms with E-state index in [1.54, 1.807) is 0 Å². The number of rotatable bonds is 4. The van der Waals surface area contributed by atoms with Crippen molar-refractivity contribution in [2.45, 2.75) is 18.9 Å². The monoisotopic (exact) mass is 308 g/mol. The lowest BCUT2D eigenvalue weighted by Gasteiger charge is -2.32. The van der Waals surface area contributed by atoms with Gasteiger partial charge in [-0.2, -0.15) is 0 Å². The second kappa shape index (κ2) is 6.24. The van der Waals surface area contributed by atoms with Crippen molar-refractivity contribution >= 4 is 17.5 Å². The molecule has 5 heteroatoms. The molecule has 0 saturated carbocycles. The van der Waals surface area contributed by atoms with E-state index in [0.29, 0.717) is 23.6 Å². The van der Waals surface area contributed by atoms with Crippen molar-refractivity contribution in [1.82, 2.24) is 9.80 Å². The molecule has 1 amide bonds. The van der Waals surface area contributed by atoms with E-state index < -0.39 is 0 Å². The number of halogens is 1. The van der Waals surface area contributed by atoms with Gasteiger partial charge in [-0.3, -0.25) is 9.69 Å². The first-order valence-corrected chi connectivity index (χ1v) is 7.88. The molecule has 21 heavy (non-hydrogen) atoms. The molecule has 0 spiro atoms. The lowest BCUT2D eigenvalue weighted by atomic mass is 9.95. The molecular formula is C16H21ClN2O2. The maximum atomic E-state index is 12.1. The minimum Gasteiger partial charge on any atom is -0.492 e. The van der Waals surface area contributed by atoms with Gasteiger partial charge in [0.1, 0.15) is 12.4 Å². The Morgan fingerprint density at radius 3 is 2.76 bits per heavy atom. The maximum Gasteiger partial charge on any atom is 0.227 e. The van der Waals surface area contributed by atoms with Crippen LogP contribution in [0.25, 0.3) is 0 Å². The van der Waals surface area contributed by atoms with Crippen molar-refractivity contribution in [2.75, 3.05) is 33.3 Å². The molecule has 1 aromatic carbocycles. The fourth-order valence-corrected chi connectivity index (χ4v) is 3.38. The molecule has 0 radical (unpaired) electrons. The summed E-state index contributed by atoms with van der Waals surface area (Å²) in [7, 11) is 1.94. The molecule has 0 aliphatic carbocycles. The molecular weight excluding hydrogens is 288 g/mol. The second-order valence-corrected chi connectivity index (χ2v) is 6.38. The van der Waals surface area contributed by atoms with Gasteiger partial charge in [-0.1, -0.05) is 11.6 Å². The summed E-state index contributed by atoms with van der Waals surface area (Å²) < 4.78 is 5.75. The van der Waals surface area contributed by atoms with Crippen LogP contribution in [-0.4, -0.2) is 55.0 Å². The summed E-state index contributed by atoms with van der Waals surface area (Å²) >= 11 is 5.85. The van der Waals surface area contributed by atoms with Crippen LogP contribution in [0.1, 0.15) is 12.8 Å². The lowest BCUT2D eigenvalue weighted by molar-refractivity contribution is -0.138. The Kier molecular flexibility index (Phi) is 4.36. The predicted molar refractivity (Wildman–Crippen MR) is 82.7 cm³/mol. The topological polar surface area (TPSA) is 32.8 Å². The summed E-state index contributed by atoms with van der Waals surface area (Å²) in [5.41, 5.74) is 0. The summed E-state index contributed by atoms with van der Waals surface area (Å²) in [5.74, 6) is 1.32. The van der Waals surface area contributed by atoms with Crippen LogP contribution in [0.15, 0.2) is 24.3 Å². The number of carbonyl (C=O) groups is 1. The molecule has 3 aliphatic heterocycles. The average Bonchev–Trinajstić information content (AvgIpc) is 2.75. The van der Waals surface area contributed by atoms with Crippen LogP contribution in [0.2, 0.25) is 5.02 Å². The van der Waals surface area contributed by atoms with Gasteiger partial charge in [-0.15, -0.1) is 0 Å². The maximum absolute atomic E-state index is 12.1. The molecule has 3 saturated heterocycles. The molecule has 2 bridgehead atoms. The Morgan fingerprint density at radius 1 is 1.24 bits per heavy atom. The van der Waals surface area contributed by atoms with Crippen LogP contribution in [0.3, 0.4) is 0 Å². The largest absolute Gasteiger partial charge is 0.492 e. The average molecular weight is 309 g/mol. The van der Waals surface area contributed by atoms with Gasteiger partial charge < -0.3 is 9.64 Å². The van der Waals surface area contributed by atoms with E-state index >= 15 is 0 Å². The molecule has 4 rings (SSSR count). The molecule has 3 fully saturated rings. The van der Waals surface area contributed by atoms with E-state index in [1.807, 2.05) is 36.2 Å². The van der Waals surface area contributed by atoms with Crippen molar-refractivity contribution in [1.29, 1.82) is 0 Å². The number of carbonyl (C=O) groups excluding carboxylic acids is 1. The summed E-state index contributed by atoms with van der Waals surface area (Å²) in [4.78, 5) is 16.4. The zero-order valence-electron chi connectivity index (χ0n) is 12.3. The number of hydrogen-bond donors (Lipinski definition) is 0. The SMILES string of the molecule is CN1C(=O)[C@@H]2CC[C@H]1CN(CCOc1ccc(Cl)cc1)C2. The second-order valence-electron chi connectivity index (χ2n) is 5.94. The molecule has 4 nitrogen and oxygen atoms in total. The minimum atomic E-state index is 0.171. The number of fused-ring (bicyclic) bond motifs is 4. The highest BCUT2D eigenvalue weighted by atomic mass is 35.5. The smallest absolute Gasteiger partial charge is 0.227 e. The number of benzene rings is 1. The number of nitrogens with zero attached hydrogens (tertiary/aromatic N) is 2. The van der Waals surface area contributed by atoms with Crippen molar-refractivity contribution < 1.29 is 9.53 Å². The molecule has 3 heterocycles. The van der Waals surface area contributed by atoms with E-state index in [9.17, 15) is 4.79 Å². The molecule has 0 unspecified atom stereocenters. The first-order chi connectivity index (χ1) is 10.1. The van der Waals surface area contributed by atoms with Gasteiger partial charge in [-0.05, 0) is 37.1 Å². The van der Waals surface area contributed by atoms with Crippen LogP contribution in [0.5, 0.6) is 5.75 Å². The van der Waals surface area contributed by atoms with Gasteiger partial charge in [0, 0.05) is 37.7 Å². The Hall–Kier alpha value is -1.26. The van der Waals surface area contributed by atoms with E-state index in [2.05, 4.69) is 4.90 Å². The van der Waals surface area contributed by atoms with Crippen LogP contribution in [0, 0.1) is 5.92 Å². The number of likely N-dealkylation sites (N-methyl/N-ethyl adjacent to an activating group) is 1. The predicted octanol–water partition coefficient (Wildman–Crippen LogP) is 2.27. The van der Waals surface area contributed by atoms with E-state index in [-0.39, 0.29) is 5.92 Å². The standard InChI is InChI=1S/C16H21ClN2O2/c1-18-14-5-2-12(16(18)20)10-19(11-14)8-9-21-15-6-3-13(17)4-7-15/h3-4,6-7,12,14H,2,5,8-11H2,1H3/t12-,14+/m1/s1. The zero-order valence-corrected chi connectivity index (χ0v) is 13.1. The first kappa shape index (κ1) is 14.7. The molecule has 114 valence electrons. The third-order valence-electron chi connectivity index (χ3n) is 4.53. The lowest BCUT2D eigenvalue weighted by Crippen LogP contribution is -2.45. The zero-order chi connectivity index (χ0) is 14.8. The van der Waals surface area contributed by atoms with Gasteiger partial charge in [0.15, 0.2) is 0 Å². The summed E-state index contributed by atoms with van der Waals surface area (Å²) in [6.07, 6.45) is 2.16. The van der Waals surface area contributed by atoms with Gasteiger partial charge >= 0.3 is 0 Å². The van der Waals surface area contributed by atoms with E-state index in [1.165, 1.54) is 0 Å². The van der Waals surface area contributed by atoms with E-state index in [4.69, 9.17) is 16.3 Å². The molecule has 1 aromatic rings. The highest BCUT2D eigenvalue weighted by Crippen LogP contribution is 2.27.